The fraction of sp³-hybridized carbons (Fsp3) is 0.444. The molecule has 2 aliphatic heterocycles. The van der Waals surface area contributed by atoms with E-state index in [0.29, 0.717) is 38.3 Å². The third-order valence-electron chi connectivity index (χ3n) is 5.53. The molecule has 4 rings (SSSR count). The maximum atomic E-state index is 13.9. The van der Waals surface area contributed by atoms with E-state index in [2.05, 4.69) is 14.9 Å². The number of imidazole rings is 1. The van der Waals surface area contributed by atoms with Gasteiger partial charge in [0.15, 0.2) is 0 Å². The highest BCUT2D eigenvalue weighted by Crippen LogP contribution is 2.43. The van der Waals surface area contributed by atoms with Crippen molar-refractivity contribution >= 4 is 5.97 Å². The summed E-state index contributed by atoms with van der Waals surface area (Å²) >= 11 is 0. The highest BCUT2D eigenvalue weighted by molar-refractivity contribution is 5.77. The minimum Gasteiger partial charge on any atom is -0.481 e. The average Bonchev–Trinajstić information content (AvgIpc) is 3.25. The molecule has 6 nitrogen and oxygen atoms in total. The lowest BCUT2D eigenvalue weighted by Crippen LogP contribution is -2.40. The molecule has 3 heterocycles. The van der Waals surface area contributed by atoms with Crippen molar-refractivity contribution in [3.05, 3.63) is 53.6 Å². The van der Waals surface area contributed by atoms with Gasteiger partial charge in [0, 0.05) is 68.7 Å². The lowest BCUT2D eigenvalue weighted by Gasteiger charge is -2.25. The van der Waals surface area contributed by atoms with E-state index in [-0.39, 0.29) is 12.5 Å². The number of nitrogens with one attached hydrogen (secondary N) is 1. The Bertz CT molecular complexity index is 814. The van der Waals surface area contributed by atoms with Crippen LogP contribution in [0.15, 0.2) is 30.7 Å². The fourth-order valence-electron chi connectivity index (χ4n) is 4.32. The largest absolute Gasteiger partial charge is 0.481 e. The molecular formula is C18H20F2N4O2. The summed E-state index contributed by atoms with van der Waals surface area (Å²) in [5.41, 5.74) is 0.494. The van der Waals surface area contributed by atoms with Gasteiger partial charge in [-0.15, -0.1) is 0 Å². The summed E-state index contributed by atoms with van der Waals surface area (Å²) in [6.07, 6.45) is 3.35. The van der Waals surface area contributed by atoms with Gasteiger partial charge in [0.2, 0.25) is 0 Å². The van der Waals surface area contributed by atoms with E-state index in [9.17, 15) is 18.7 Å². The maximum absolute atomic E-state index is 13.9. The van der Waals surface area contributed by atoms with Gasteiger partial charge >= 0.3 is 5.97 Å². The van der Waals surface area contributed by atoms with Crippen molar-refractivity contribution in [1.29, 1.82) is 0 Å². The summed E-state index contributed by atoms with van der Waals surface area (Å²) in [5.74, 6) is -2.03. The van der Waals surface area contributed by atoms with Gasteiger partial charge in [-0.2, -0.15) is 0 Å². The first-order valence-corrected chi connectivity index (χ1v) is 8.55. The molecular weight excluding hydrogens is 342 g/mol. The summed E-state index contributed by atoms with van der Waals surface area (Å²) in [6.45, 7) is 3.00. The summed E-state index contributed by atoms with van der Waals surface area (Å²) in [6, 6.07) is 3.52. The normalized spacial score (nSPS) is 26.3. The van der Waals surface area contributed by atoms with Crippen LogP contribution in [0.25, 0.3) is 0 Å². The highest BCUT2D eigenvalue weighted by atomic mass is 19.1. The second-order valence-corrected chi connectivity index (χ2v) is 7.31. The molecule has 0 aliphatic carbocycles. The van der Waals surface area contributed by atoms with Gasteiger partial charge in [-0.1, -0.05) is 6.07 Å². The number of carbonyl (C=O) groups is 1. The van der Waals surface area contributed by atoms with Gasteiger partial charge in [-0.3, -0.25) is 14.6 Å². The van der Waals surface area contributed by atoms with E-state index in [4.69, 9.17) is 0 Å². The van der Waals surface area contributed by atoms with E-state index in [1.54, 1.807) is 12.5 Å². The predicted molar refractivity (Wildman–Crippen MR) is 89.1 cm³/mol. The molecule has 2 aromatic rings. The first-order chi connectivity index (χ1) is 12.5. The maximum Gasteiger partial charge on any atom is 0.312 e. The topological polar surface area (TPSA) is 72.5 Å². The molecule has 2 aliphatic rings. The lowest BCUT2D eigenvalue weighted by molar-refractivity contribution is -0.149. The first kappa shape index (κ1) is 17.1. The standard InChI is InChI=1S/C18H20F2N4O2/c19-14-2-1-12(16(20)3-14)5-23-6-13-7-24(8-15-4-21-11-22-15)10-18(13,9-23)17(25)26/h1-4,11,13H,5-10H2,(H,21,22)(H,25,26)/t13-,18-/m0/s1. The number of nitrogens with zero attached hydrogens (tertiary/aromatic N) is 3. The van der Waals surface area contributed by atoms with Crippen LogP contribution in [0.5, 0.6) is 0 Å². The molecule has 138 valence electrons. The van der Waals surface area contributed by atoms with Gasteiger partial charge < -0.3 is 10.1 Å². The fourth-order valence-corrected chi connectivity index (χ4v) is 4.32. The SMILES string of the molecule is O=C(O)[C@@]12CN(Cc3cnc[nH]3)C[C@@H]1CN(Cc1ccc(F)cc1F)C2. The monoisotopic (exact) mass is 362 g/mol. The number of carboxylic acid groups (broad SMARTS) is 1. The van der Waals surface area contributed by atoms with Crippen LogP contribution in [0.4, 0.5) is 8.78 Å². The quantitative estimate of drug-likeness (QED) is 0.847. The van der Waals surface area contributed by atoms with Crippen LogP contribution in [-0.2, 0) is 17.9 Å². The summed E-state index contributed by atoms with van der Waals surface area (Å²) in [5, 5.41) is 9.90. The molecule has 0 saturated carbocycles. The number of aromatic nitrogens is 2. The van der Waals surface area contributed by atoms with Crippen LogP contribution in [0.2, 0.25) is 0 Å². The molecule has 0 spiro atoms. The van der Waals surface area contributed by atoms with E-state index in [1.165, 1.54) is 12.1 Å². The predicted octanol–water partition coefficient (Wildman–Crippen LogP) is 1.71. The molecule has 1 aromatic carbocycles. The number of aliphatic carboxylic acids is 1. The van der Waals surface area contributed by atoms with Crippen molar-refractivity contribution in [2.24, 2.45) is 11.3 Å². The zero-order valence-electron chi connectivity index (χ0n) is 14.2. The molecule has 2 fully saturated rings. The molecule has 1 aromatic heterocycles. The Labute approximate surface area is 149 Å². The van der Waals surface area contributed by atoms with Gasteiger partial charge in [0.25, 0.3) is 0 Å². The smallest absolute Gasteiger partial charge is 0.312 e. The Morgan fingerprint density at radius 3 is 2.58 bits per heavy atom. The van der Waals surface area contributed by atoms with Crippen molar-refractivity contribution in [2.75, 3.05) is 26.2 Å². The van der Waals surface area contributed by atoms with Crippen molar-refractivity contribution in [2.45, 2.75) is 13.1 Å². The lowest BCUT2D eigenvalue weighted by atomic mass is 9.81. The average molecular weight is 362 g/mol. The minimum absolute atomic E-state index is 0.0218. The van der Waals surface area contributed by atoms with E-state index in [0.717, 1.165) is 11.8 Å². The summed E-state index contributed by atoms with van der Waals surface area (Å²) in [4.78, 5) is 23.2. The Kier molecular flexibility index (Phi) is 4.24. The number of fused-ring (bicyclic) bond motifs is 1. The molecule has 0 bridgehead atoms. The number of likely N-dealkylation sites (tertiary alicyclic amines) is 2. The highest BCUT2D eigenvalue weighted by Gasteiger charge is 2.57. The van der Waals surface area contributed by atoms with Gasteiger partial charge in [0.05, 0.1) is 11.7 Å². The second kappa shape index (κ2) is 6.44. The van der Waals surface area contributed by atoms with E-state index < -0.39 is 23.0 Å². The van der Waals surface area contributed by atoms with Crippen molar-refractivity contribution in [1.82, 2.24) is 19.8 Å². The van der Waals surface area contributed by atoms with Crippen LogP contribution < -0.4 is 0 Å². The van der Waals surface area contributed by atoms with Crippen LogP contribution in [-0.4, -0.2) is 57.0 Å². The number of hydrogen-bond acceptors (Lipinski definition) is 4. The van der Waals surface area contributed by atoms with Gasteiger partial charge in [-0.05, 0) is 6.07 Å². The zero-order chi connectivity index (χ0) is 18.3. The van der Waals surface area contributed by atoms with E-state index >= 15 is 0 Å². The molecule has 0 amide bonds. The third-order valence-corrected chi connectivity index (χ3v) is 5.53. The molecule has 0 unspecified atom stereocenters. The number of carboxylic acids is 1. The number of benzene rings is 1. The third kappa shape index (κ3) is 2.99. The van der Waals surface area contributed by atoms with Crippen LogP contribution in [0.3, 0.4) is 0 Å². The second-order valence-electron chi connectivity index (χ2n) is 7.31. The first-order valence-electron chi connectivity index (χ1n) is 8.55. The zero-order valence-corrected chi connectivity index (χ0v) is 14.2. The number of rotatable bonds is 5. The van der Waals surface area contributed by atoms with Crippen LogP contribution in [0.1, 0.15) is 11.3 Å². The number of H-pyrrole nitrogens is 1. The number of hydrogen-bond donors (Lipinski definition) is 2. The summed E-state index contributed by atoms with van der Waals surface area (Å²) in [7, 11) is 0. The Morgan fingerprint density at radius 2 is 2.00 bits per heavy atom. The van der Waals surface area contributed by atoms with Gasteiger partial charge in [0.1, 0.15) is 11.6 Å². The molecule has 2 N–H and O–H groups in total. The Hall–Kier alpha value is -2.32. The summed E-state index contributed by atoms with van der Waals surface area (Å²) < 4.78 is 27.0. The van der Waals surface area contributed by atoms with Gasteiger partial charge in [-0.25, -0.2) is 13.8 Å². The van der Waals surface area contributed by atoms with Crippen LogP contribution >= 0.6 is 0 Å². The van der Waals surface area contributed by atoms with Crippen molar-refractivity contribution in [3.63, 3.8) is 0 Å². The number of halogens is 2. The molecule has 0 radical (unpaired) electrons. The van der Waals surface area contributed by atoms with Crippen molar-refractivity contribution < 1.29 is 18.7 Å². The molecule has 2 saturated heterocycles. The van der Waals surface area contributed by atoms with Crippen molar-refractivity contribution in [3.8, 4) is 0 Å². The molecule has 26 heavy (non-hydrogen) atoms. The molecule has 8 heteroatoms. The Balaban J connectivity index is 1.47. The van der Waals surface area contributed by atoms with E-state index in [1.807, 2.05) is 4.90 Å². The number of aromatic amines is 1. The Morgan fingerprint density at radius 1 is 1.27 bits per heavy atom. The molecule has 2 atom stereocenters. The van der Waals surface area contributed by atoms with Crippen LogP contribution in [0, 0.1) is 23.0 Å². The minimum atomic E-state index is -0.851.